The van der Waals surface area contributed by atoms with Gasteiger partial charge in [-0.1, -0.05) is 30.3 Å². The van der Waals surface area contributed by atoms with Gasteiger partial charge in [0.1, 0.15) is 6.04 Å². The van der Waals surface area contributed by atoms with Crippen LogP contribution in [0.5, 0.6) is 0 Å². The van der Waals surface area contributed by atoms with Crippen LogP contribution in [0, 0.1) is 0 Å². The molecule has 1 atom stereocenters. The van der Waals surface area contributed by atoms with E-state index in [9.17, 15) is 13.2 Å². The second kappa shape index (κ2) is 6.06. The summed E-state index contributed by atoms with van der Waals surface area (Å²) >= 11 is 0. The Morgan fingerprint density at radius 2 is 2.00 bits per heavy atom. The van der Waals surface area contributed by atoms with Gasteiger partial charge in [0.15, 0.2) is 5.03 Å². The maximum Gasteiger partial charge on any atom is 0.328 e. The number of aromatic nitrogens is 2. The fourth-order valence-electron chi connectivity index (χ4n) is 1.76. The summed E-state index contributed by atoms with van der Waals surface area (Å²) in [4.78, 5) is 15.6. The number of imidazole rings is 1. The molecular formula is C13H15N3O4S. The molecule has 0 fully saturated rings. The molecule has 0 radical (unpaired) electrons. The van der Waals surface area contributed by atoms with Crippen LogP contribution >= 0.6 is 0 Å². The number of methoxy groups -OCH3 is 1. The molecule has 21 heavy (non-hydrogen) atoms. The first-order valence-corrected chi connectivity index (χ1v) is 7.55. The van der Waals surface area contributed by atoms with E-state index in [4.69, 9.17) is 0 Å². The van der Waals surface area contributed by atoms with Crippen molar-refractivity contribution in [1.29, 1.82) is 0 Å². The summed E-state index contributed by atoms with van der Waals surface area (Å²) in [5.41, 5.74) is 0.490. The number of benzene rings is 1. The number of hydrogen-bond donors (Lipinski definition) is 1. The normalized spacial score (nSPS) is 12.9. The second-order valence-electron chi connectivity index (χ2n) is 4.37. The van der Waals surface area contributed by atoms with Gasteiger partial charge in [0, 0.05) is 13.2 Å². The molecule has 1 heterocycles. The molecule has 1 aromatic carbocycles. The number of ether oxygens (including phenoxy) is 1. The molecule has 8 heteroatoms. The highest BCUT2D eigenvalue weighted by molar-refractivity contribution is 7.89. The summed E-state index contributed by atoms with van der Waals surface area (Å²) in [5, 5.41) is -0.158. The van der Waals surface area contributed by atoms with Crippen LogP contribution in [0.4, 0.5) is 0 Å². The number of carbonyl (C=O) groups is 1. The Bertz CT molecular complexity index is 725. The number of nitrogens with one attached hydrogen (secondary N) is 1. The molecule has 0 saturated carbocycles. The monoisotopic (exact) mass is 309 g/mol. The smallest absolute Gasteiger partial charge is 0.328 e. The lowest BCUT2D eigenvalue weighted by atomic mass is 10.1. The van der Waals surface area contributed by atoms with Gasteiger partial charge in [0.25, 0.3) is 10.0 Å². The molecule has 0 amide bonds. The molecule has 0 aliphatic rings. The van der Waals surface area contributed by atoms with Gasteiger partial charge < -0.3 is 9.30 Å². The first-order chi connectivity index (χ1) is 9.94. The molecule has 0 spiro atoms. The maximum atomic E-state index is 12.3. The minimum atomic E-state index is -3.92. The van der Waals surface area contributed by atoms with E-state index in [1.54, 1.807) is 37.4 Å². The van der Waals surface area contributed by atoms with Gasteiger partial charge in [-0.25, -0.2) is 18.2 Å². The molecule has 112 valence electrons. The zero-order valence-corrected chi connectivity index (χ0v) is 12.4. The minimum absolute atomic E-state index is 0.158. The number of carbonyl (C=O) groups excluding carboxylic acids is 1. The SMILES string of the molecule is COC(=O)C(NS(=O)(=O)c1cn(C)cn1)c1ccccc1. The van der Waals surface area contributed by atoms with Gasteiger partial charge in [0.05, 0.1) is 13.4 Å². The Hall–Kier alpha value is -2.19. The van der Waals surface area contributed by atoms with Gasteiger partial charge >= 0.3 is 5.97 Å². The molecule has 7 nitrogen and oxygen atoms in total. The van der Waals surface area contributed by atoms with Gasteiger partial charge in [-0.3, -0.25) is 0 Å². The van der Waals surface area contributed by atoms with E-state index in [0.29, 0.717) is 5.56 Å². The lowest BCUT2D eigenvalue weighted by Crippen LogP contribution is -2.34. The van der Waals surface area contributed by atoms with Gasteiger partial charge in [-0.15, -0.1) is 0 Å². The van der Waals surface area contributed by atoms with Crippen LogP contribution < -0.4 is 4.72 Å². The van der Waals surface area contributed by atoms with Crippen molar-refractivity contribution in [2.24, 2.45) is 7.05 Å². The zero-order valence-electron chi connectivity index (χ0n) is 11.6. The predicted molar refractivity (Wildman–Crippen MR) is 74.7 cm³/mol. The first kappa shape index (κ1) is 15.2. The third-order valence-electron chi connectivity index (χ3n) is 2.80. The Balaban J connectivity index is 2.34. The highest BCUT2D eigenvalue weighted by atomic mass is 32.2. The second-order valence-corrected chi connectivity index (χ2v) is 6.03. The summed E-state index contributed by atoms with van der Waals surface area (Å²) in [6.07, 6.45) is 2.71. The number of nitrogens with zero attached hydrogens (tertiary/aromatic N) is 2. The van der Waals surface area contributed by atoms with Crippen molar-refractivity contribution in [3.8, 4) is 0 Å². The summed E-state index contributed by atoms with van der Waals surface area (Å²) < 4.78 is 33.0. The van der Waals surface area contributed by atoms with E-state index >= 15 is 0 Å². The van der Waals surface area contributed by atoms with E-state index in [0.717, 1.165) is 0 Å². The zero-order chi connectivity index (χ0) is 15.5. The Labute approximate surface area is 122 Å². The summed E-state index contributed by atoms with van der Waals surface area (Å²) in [5.74, 6) is -0.694. The molecule has 1 unspecified atom stereocenters. The fourth-order valence-corrected chi connectivity index (χ4v) is 2.91. The fraction of sp³-hybridized carbons (Fsp3) is 0.231. The summed E-state index contributed by atoms with van der Waals surface area (Å²) in [6.45, 7) is 0. The van der Waals surface area contributed by atoms with Crippen molar-refractivity contribution in [1.82, 2.24) is 14.3 Å². The van der Waals surface area contributed by atoms with Crippen molar-refractivity contribution in [2.45, 2.75) is 11.1 Å². The quantitative estimate of drug-likeness (QED) is 0.817. The largest absolute Gasteiger partial charge is 0.468 e. The number of esters is 1. The minimum Gasteiger partial charge on any atom is -0.468 e. The van der Waals surface area contributed by atoms with E-state index in [1.165, 1.54) is 24.2 Å². The summed E-state index contributed by atoms with van der Waals surface area (Å²) in [6, 6.07) is 7.35. The van der Waals surface area contributed by atoms with Crippen LogP contribution in [-0.4, -0.2) is 31.0 Å². The molecule has 2 rings (SSSR count). The molecule has 1 N–H and O–H groups in total. The predicted octanol–water partition coefficient (Wildman–Crippen LogP) is 0.613. The van der Waals surface area contributed by atoms with Gasteiger partial charge in [-0.05, 0) is 5.56 Å². The van der Waals surface area contributed by atoms with Crippen molar-refractivity contribution in [3.05, 3.63) is 48.4 Å². The third kappa shape index (κ3) is 3.47. The molecule has 0 bridgehead atoms. The lowest BCUT2D eigenvalue weighted by molar-refractivity contribution is -0.142. The number of aryl methyl sites for hydroxylation is 1. The van der Waals surface area contributed by atoms with Crippen molar-refractivity contribution in [3.63, 3.8) is 0 Å². The molecule has 1 aromatic heterocycles. The average Bonchev–Trinajstić information content (AvgIpc) is 2.92. The topological polar surface area (TPSA) is 90.3 Å². The highest BCUT2D eigenvalue weighted by Crippen LogP contribution is 2.17. The van der Waals surface area contributed by atoms with Gasteiger partial charge in [0.2, 0.25) is 0 Å². The molecule has 2 aromatic rings. The average molecular weight is 309 g/mol. The van der Waals surface area contributed by atoms with Crippen molar-refractivity contribution < 1.29 is 17.9 Å². The third-order valence-corrected chi connectivity index (χ3v) is 4.11. The number of sulfonamides is 1. The Morgan fingerprint density at radius 1 is 1.33 bits per heavy atom. The van der Waals surface area contributed by atoms with Crippen LogP contribution in [0.1, 0.15) is 11.6 Å². The van der Waals surface area contributed by atoms with Crippen LogP contribution in [-0.2, 0) is 26.6 Å². The van der Waals surface area contributed by atoms with E-state index < -0.39 is 22.0 Å². The van der Waals surface area contributed by atoms with Crippen LogP contribution in [0.3, 0.4) is 0 Å². The van der Waals surface area contributed by atoms with Crippen molar-refractivity contribution >= 4 is 16.0 Å². The van der Waals surface area contributed by atoms with E-state index in [-0.39, 0.29) is 5.03 Å². The van der Waals surface area contributed by atoms with E-state index in [1.807, 2.05) is 0 Å². The molecule has 0 saturated heterocycles. The molecule has 0 aliphatic heterocycles. The standard InChI is InChI=1S/C13H15N3O4S/c1-16-8-11(14-9-16)21(18,19)15-12(13(17)20-2)10-6-4-3-5-7-10/h3-9,12,15H,1-2H3. The molecule has 0 aliphatic carbocycles. The van der Waals surface area contributed by atoms with Crippen molar-refractivity contribution in [2.75, 3.05) is 7.11 Å². The molecular weight excluding hydrogens is 294 g/mol. The number of hydrogen-bond acceptors (Lipinski definition) is 5. The Morgan fingerprint density at radius 3 is 2.52 bits per heavy atom. The van der Waals surface area contributed by atoms with Crippen LogP contribution in [0.15, 0.2) is 47.9 Å². The lowest BCUT2D eigenvalue weighted by Gasteiger charge is -2.16. The first-order valence-electron chi connectivity index (χ1n) is 6.07. The maximum absolute atomic E-state index is 12.3. The highest BCUT2D eigenvalue weighted by Gasteiger charge is 2.29. The van der Waals surface area contributed by atoms with Gasteiger partial charge in [-0.2, -0.15) is 4.72 Å². The summed E-state index contributed by atoms with van der Waals surface area (Å²) in [7, 11) is -1.07. The number of rotatable bonds is 5. The van der Waals surface area contributed by atoms with E-state index in [2.05, 4.69) is 14.4 Å². The Kier molecular flexibility index (Phi) is 4.39. The van der Waals surface area contributed by atoms with Crippen LogP contribution in [0.2, 0.25) is 0 Å². The van der Waals surface area contributed by atoms with Crippen LogP contribution in [0.25, 0.3) is 0 Å².